The van der Waals surface area contributed by atoms with Gasteiger partial charge in [-0.1, -0.05) is 135 Å². The lowest BCUT2D eigenvalue weighted by atomic mass is 9.71. The van der Waals surface area contributed by atoms with Crippen LogP contribution in [0.5, 0.6) is 0 Å². The van der Waals surface area contributed by atoms with Crippen molar-refractivity contribution in [2.75, 3.05) is 13.1 Å². The van der Waals surface area contributed by atoms with Gasteiger partial charge < -0.3 is 10.1 Å². The van der Waals surface area contributed by atoms with E-state index in [1.165, 1.54) is 128 Å². The first-order valence-electron chi connectivity index (χ1n) is 16.4. The molecule has 0 unspecified atom stereocenters. The van der Waals surface area contributed by atoms with Crippen LogP contribution >= 0.6 is 0 Å². The number of hydroxylamine groups is 2. The van der Waals surface area contributed by atoms with Crippen LogP contribution in [0.15, 0.2) is 0 Å². The number of piperazine rings is 1. The second-order valence-corrected chi connectivity index (χ2v) is 12.8. The standard InChI is InChI=1S/C32H60N2O2/c1-2-3-4-5-6-7-8-9-10-11-12-13-14-15-18-23-30(35)33-28-31(24-19-16-20-25-31)34(36)32(29-33)26-21-17-22-27-32/h36H,2-29H2,1H3. The summed E-state index contributed by atoms with van der Waals surface area (Å²) in [5.41, 5.74) is -0.364. The summed E-state index contributed by atoms with van der Waals surface area (Å²) in [7, 11) is 0. The zero-order chi connectivity index (χ0) is 25.5. The summed E-state index contributed by atoms with van der Waals surface area (Å²) in [5, 5.41) is 13.3. The van der Waals surface area contributed by atoms with E-state index in [2.05, 4.69) is 11.8 Å². The van der Waals surface area contributed by atoms with Gasteiger partial charge in [0.1, 0.15) is 0 Å². The second-order valence-electron chi connectivity index (χ2n) is 12.8. The first-order chi connectivity index (χ1) is 17.6. The van der Waals surface area contributed by atoms with E-state index in [9.17, 15) is 10.0 Å². The number of unbranched alkanes of at least 4 members (excludes halogenated alkanes) is 14. The van der Waals surface area contributed by atoms with Crippen LogP contribution < -0.4 is 0 Å². The van der Waals surface area contributed by atoms with E-state index in [4.69, 9.17) is 0 Å². The molecule has 1 amide bonds. The average Bonchev–Trinajstić information content (AvgIpc) is 2.90. The minimum absolute atomic E-state index is 0.182. The topological polar surface area (TPSA) is 43.8 Å². The number of carbonyl (C=O) groups excluding carboxylic acids is 1. The molecule has 3 fully saturated rings. The Morgan fingerprint density at radius 3 is 1.33 bits per heavy atom. The van der Waals surface area contributed by atoms with Crippen molar-refractivity contribution in [3.63, 3.8) is 0 Å². The summed E-state index contributed by atoms with van der Waals surface area (Å²) in [5.74, 6) is 0.354. The summed E-state index contributed by atoms with van der Waals surface area (Å²) in [6, 6.07) is 0. The fourth-order valence-electron chi connectivity index (χ4n) is 7.55. The van der Waals surface area contributed by atoms with E-state index in [1.807, 2.05) is 5.06 Å². The largest absolute Gasteiger partial charge is 0.339 e. The van der Waals surface area contributed by atoms with E-state index in [-0.39, 0.29) is 11.1 Å². The summed E-state index contributed by atoms with van der Waals surface area (Å²) in [6.45, 7) is 3.79. The van der Waals surface area contributed by atoms with Crippen LogP contribution in [0.25, 0.3) is 0 Å². The summed E-state index contributed by atoms with van der Waals surface area (Å²) in [4.78, 5) is 15.5. The average molecular weight is 505 g/mol. The third-order valence-electron chi connectivity index (χ3n) is 9.78. The Labute approximate surface area is 223 Å². The van der Waals surface area contributed by atoms with Crippen molar-refractivity contribution in [3.05, 3.63) is 0 Å². The van der Waals surface area contributed by atoms with Gasteiger partial charge in [-0.3, -0.25) is 4.79 Å². The Bertz CT molecular complexity index is 567. The number of hydrogen-bond donors (Lipinski definition) is 1. The molecule has 210 valence electrons. The molecule has 0 atom stereocenters. The molecular formula is C32H60N2O2. The second kappa shape index (κ2) is 16.4. The monoisotopic (exact) mass is 504 g/mol. The number of amides is 1. The van der Waals surface area contributed by atoms with Gasteiger partial charge in [-0.05, 0) is 32.1 Å². The van der Waals surface area contributed by atoms with Crippen LogP contribution in [-0.4, -0.2) is 45.2 Å². The highest BCUT2D eigenvalue weighted by atomic mass is 16.5. The Kier molecular flexibility index (Phi) is 13.6. The number of rotatable bonds is 16. The molecule has 0 aromatic rings. The predicted molar refractivity (Wildman–Crippen MR) is 151 cm³/mol. The minimum Gasteiger partial charge on any atom is -0.339 e. The zero-order valence-electron chi connectivity index (χ0n) is 24.0. The zero-order valence-corrected chi connectivity index (χ0v) is 24.0. The van der Waals surface area contributed by atoms with Gasteiger partial charge in [-0.15, -0.1) is 0 Å². The molecule has 4 heteroatoms. The molecule has 4 nitrogen and oxygen atoms in total. The molecule has 36 heavy (non-hydrogen) atoms. The fourth-order valence-corrected chi connectivity index (χ4v) is 7.55. The molecule has 1 aliphatic heterocycles. The van der Waals surface area contributed by atoms with Crippen LogP contribution in [-0.2, 0) is 4.79 Å². The molecule has 1 heterocycles. The van der Waals surface area contributed by atoms with Crippen molar-refractivity contribution in [2.45, 2.75) is 185 Å². The highest BCUT2D eigenvalue weighted by Gasteiger charge is 2.54. The van der Waals surface area contributed by atoms with Gasteiger partial charge in [-0.2, -0.15) is 5.06 Å². The van der Waals surface area contributed by atoms with Crippen molar-refractivity contribution in [1.82, 2.24) is 9.96 Å². The molecule has 0 radical (unpaired) electrons. The number of nitrogens with zero attached hydrogens (tertiary/aromatic N) is 2. The lowest BCUT2D eigenvalue weighted by molar-refractivity contribution is -0.285. The molecule has 3 aliphatic rings. The van der Waals surface area contributed by atoms with E-state index in [0.29, 0.717) is 12.3 Å². The van der Waals surface area contributed by atoms with Crippen LogP contribution in [0, 0.1) is 0 Å². The van der Waals surface area contributed by atoms with Crippen molar-refractivity contribution in [3.8, 4) is 0 Å². The lowest BCUT2D eigenvalue weighted by Gasteiger charge is -2.60. The Morgan fingerprint density at radius 1 is 0.583 bits per heavy atom. The van der Waals surface area contributed by atoms with Gasteiger partial charge in [0.15, 0.2) is 0 Å². The fraction of sp³-hybridized carbons (Fsp3) is 0.969. The van der Waals surface area contributed by atoms with Gasteiger partial charge in [0.25, 0.3) is 0 Å². The lowest BCUT2D eigenvalue weighted by Crippen LogP contribution is -2.72. The predicted octanol–water partition coefficient (Wildman–Crippen LogP) is 9.19. The molecule has 0 bridgehead atoms. The summed E-state index contributed by atoms with van der Waals surface area (Å²) < 4.78 is 0. The number of hydrogen-bond acceptors (Lipinski definition) is 3. The maximum Gasteiger partial charge on any atom is 0.222 e. The van der Waals surface area contributed by atoms with Gasteiger partial charge in [-0.25, -0.2) is 0 Å². The van der Waals surface area contributed by atoms with Gasteiger partial charge in [0.05, 0.1) is 11.1 Å². The highest BCUT2D eigenvalue weighted by molar-refractivity contribution is 5.76. The number of carbonyl (C=O) groups is 1. The van der Waals surface area contributed by atoms with Crippen molar-refractivity contribution < 1.29 is 10.0 Å². The maximum absolute atomic E-state index is 13.3. The quantitative estimate of drug-likeness (QED) is 0.213. The van der Waals surface area contributed by atoms with E-state index in [1.54, 1.807) is 0 Å². The molecule has 0 aromatic carbocycles. The molecule has 1 N–H and O–H groups in total. The summed E-state index contributed by atoms with van der Waals surface area (Å²) in [6.07, 6.45) is 32.6. The van der Waals surface area contributed by atoms with Crippen molar-refractivity contribution in [2.24, 2.45) is 0 Å². The Balaban J connectivity index is 1.27. The van der Waals surface area contributed by atoms with Crippen LogP contribution in [0.4, 0.5) is 0 Å². The Morgan fingerprint density at radius 2 is 0.944 bits per heavy atom. The third-order valence-corrected chi connectivity index (χ3v) is 9.78. The van der Waals surface area contributed by atoms with Gasteiger partial charge >= 0.3 is 0 Å². The molecule has 2 spiro atoms. The first kappa shape index (κ1) is 29.9. The third kappa shape index (κ3) is 9.00. The minimum atomic E-state index is -0.182. The molecule has 1 saturated heterocycles. The van der Waals surface area contributed by atoms with E-state index < -0.39 is 0 Å². The van der Waals surface area contributed by atoms with Crippen molar-refractivity contribution in [1.29, 1.82) is 0 Å². The molecule has 2 saturated carbocycles. The SMILES string of the molecule is CCCCCCCCCCCCCCCCCC(=O)N1CC2(CCCCC2)N(O)C2(CCCCC2)C1. The van der Waals surface area contributed by atoms with Crippen LogP contribution in [0.3, 0.4) is 0 Å². The molecular weight excluding hydrogens is 444 g/mol. The Hall–Kier alpha value is -0.610. The van der Waals surface area contributed by atoms with Crippen LogP contribution in [0.2, 0.25) is 0 Å². The normalized spacial score (nSPS) is 21.9. The molecule has 3 rings (SSSR count). The summed E-state index contributed by atoms with van der Waals surface area (Å²) >= 11 is 0. The van der Waals surface area contributed by atoms with Gasteiger partial charge in [0.2, 0.25) is 5.91 Å². The maximum atomic E-state index is 13.3. The van der Waals surface area contributed by atoms with Crippen LogP contribution in [0.1, 0.15) is 174 Å². The smallest absolute Gasteiger partial charge is 0.222 e. The van der Waals surface area contributed by atoms with E-state index in [0.717, 1.165) is 45.2 Å². The van der Waals surface area contributed by atoms with Gasteiger partial charge in [0, 0.05) is 19.5 Å². The molecule has 0 aromatic heterocycles. The van der Waals surface area contributed by atoms with Crippen molar-refractivity contribution >= 4 is 5.91 Å². The van der Waals surface area contributed by atoms with E-state index >= 15 is 0 Å². The first-order valence-corrected chi connectivity index (χ1v) is 16.4. The molecule has 2 aliphatic carbocycles. The highest BCUT2D eigenvalue weighted by Crippen LogP contribution is 2.46.